The quantitative estimate of drug-likeness (QED) is 0.302. The molecule has 2 aromatic carbocycles. The first kappa shape index (κ1) is 27.7. The Balaban J connectivity index is 1.45. The van der Waals surface area contributed by atoms with Crippen LogP contribution < -0.4 is 22.1 Å². The third kappa shape index (κ3) is 4.68. The summed E-state index contributed by atoms with van der Waals surface area (Å²) in [6.07, 6.45) is 5.02. The van der Waals surface area contributed by atoms with Crippen LogP contribution >= 0.6 is 0 Å². The largest absolute Gasteiger partial charge is 0.392 e. The number of aliphatic hydroxyl groups excluding tert-OH is 1. The van der Waals surface area contributed by atoms with E-state index < -0.39 is 11.4 Å². The first-order valence-electron chi connectivity index (χ1n) is 14.2. The highest BCUT2D eigenvalue weighted by molar-refractivity contribution is 5.82. The van der Waals surface area contributed by atoms with E-state index in [2.05, 4.69) is 27.2 Å². The van der Waals surface area contributed by atoms with Crippen LogP contribution in [0.4, 0.5) is 4.39 Å². The summed E-state index contributed by atoms with van der Waals surface area (Å²) in [6.45, 7) is 7.74. The molecular weight excluding hydrogens is 521 g/mol. The van der Waals surface area contributed by atoms with Crippen LogP contribution in [0, 0.1) is 18.7 Å². The van der Waals surface area contributed by atoms with E-state index in [1.165, 1.54) is 22.5 Å². The van der Waals surface area contributed by atoms with Gasteiger partial charge < -0.3 is 10.8 Å². The molecule has 0 spiro atoms. The summed E-state index contributed by atoms with van der Waals surface area (Å²) < 4.78 is 18.4. The number of hydrazine groups is 1. The average molecular weight is 560 g/mol. The van der Waals surface area contributed by atoms with E-state index in [1.807, 2.05) is 57.6 Å². The highest BCUT2D eigenvalue weighted by atomic mass is 19.1. The van der Waals surface area contributed by atoms with Gasteiger partial charge in [0.25, 0.3) is 5.56 Å². The van der Waals surface area contributed by atoms with Crippen LogP contribution in [0.5, 0.6) is 0 Å². The molecule has 10 heteroatoms. The fraction of sp³-hybridized carbons (Fsp3) is 0.452. The molecule has 2 aromatic heterocycles. The molecule has 6 rings (SSSR count). The van der Waals surface area contributed by atoms with Crippen molar-refractivity contribution in [1.82, 2.24) is 30.4 Å². The summed E-state index contributed by atoms with van der Waals surface area (Å²) in [4.78, 5) is 13.7. The molecule has 0 amide bonds. The monoisotopic (exact) mass is 559 g/mol. The number of aryl methyl sites for hydroxylation is 2. The van der Waals surface area contributed by atoms with Gasteiger partial charge in [-0.2, -0.15) is 14.9 Å². The Kier molecular flexibility index (Phi) is 6.85. The maximum Gasteiger partial charge on any atom is 0.282 e. The lowest BCUT2D eigenvalue weighted by Crippen LogP contribution is -2.42. The molecule has 5 atom stereocenters. The molecule has 4 aromatic rings. The van der Waals surface area contributed by atoms with Crippen LogP contribution in [0.25, 0.3) is 16.5 Å². The van der Waals surface area contributed by atoms with E-state index in [0.29, 0.717) is 16.6 Å². The number of benzene rings is 2. The van der Waals surface area contributed by atoms with Gasteiger partial charge >= 0.3 is 0 Å². The number of aromatic nitrogens is 4. The van der Waals surface area contributed by atoms with E-state index in [0.717, 1.165) is 29.7 Å². The molecule has 3 heterocycles. The predicted molar refractivity (Wildman–Crippen MR) is 156 cm³/mol. The maximum atomic E-state index is 15.4. The Morgan fingerprint density at radius 2 is 1.95 bits per heavy atom. The number of hydrogen-bond acceptors (Lipinski definition) is 7. The van der Waals surface area contributed by atoms with Gasteiger partial charge in [-0.3, -0.25) is 14.9 Å². The molecule has 9 nitrogen and oxygen atoms in total. The van der Waals surface area contributed by atoms with Crippen molar-refractivity contribution in [2.45, 2.75) is 76.6 Å². The Morgan fingerprint density at radius 3 is 2.63 bits per heavy atom. The number of fused-ring (bicyclic) bond motifs is 2. The van der Waals surface area contributed by atoms with Crippen molar-refractivity contribution in [1.29, 1.82) is 0 Å². The fourth-order valence-corrected chi connectivity index (χ4v) is 6.94. The molecule has 216 valence electrons. The van der Waals surface area contributed by atoms with Gasteiger partial charge in [-0.25, -0.2) is 9.82 Å². The van der Waals surface area contributed by atoms with Gasteiger partial charge in [-0.05, 0) is 66.0 Å². The molecule has 1 saturated carbocycles. The van der Waals surface area contributed by atoms with Gasteiger partial charge in [-0.15, -0.1) is 0 Å². The lowest BCUT2D eigenvalue weighted by molar-refractivity contribution is 0.240. The number of hydrogen-bond donors (Lipinski definition) is 4. The lowest BCUT2D eigenvalue weighted by Gasteiger charge is -2.39. The summed E-state index contributed by atoms with van der Waals surface area (Å²) in [6, 6.07) is 9.06. The summed E-state index contributed by atoms with van der Waals surface area (Å²) >= 11 is 0. The number of aliphatic hydroxyl groups is 1. The van der Waals surface area contributed by atoms with Gasteiger partial charge in [0, 0.05) is 42.1 Å². The van der Waals surface area contributed by atoms with E-state index in [1.54, 1.807) is 6.07 Å². The number of nitrogens with zero attached hydrogens (tertiary/aromatic N) is 4. The van der Waals surface area contributed by atoms with Crippen molar-refractivity contribution in [2.75, 3.05) is 0 Å². The minimum absolute atomic E-state index is 0.0102. The molecule has 2 fully saturated rings. The summed E-state index contributed by atoms with van der Waals surface area (Å²) in [5, 5.41) is 20.2. The molecule has 0 radical (unpaired) electrons. The highest BCUT2D eigenvalue weighted by Crippen LogP contribution is 2.47. The molecular formula is C31H38FN7O2. The van der Waals surface area contributed by atoms with Crippen LogP contribution in [-0.4, -0.2) is 36.9 Å². The standard InChI is InChI=1S/C31H38FN7O2/c1-16-23(14-38(5)37-16)21-10-17(11-22-28(21)35-36-29(22)33)20-7-6-8-26(24(20)15-40)39-30(41)27-18(13-34-39)9-19(12-25(27)32)31(2,3)4/h6-9,12-14,17,21-22,28-29,35-36,40H,10-11,15,33H2,1-5H3. The second-order valence-corrected chi connectivity index (χ2v) is 12.7. The topological polar surface area (TPSA) is 123 Å². The number of rotatable bonds is 4. The van der Waals surface area contributed by atoms with Crippen molar-refractivity contribution in [3.05, 3.63) is 86.8 Å². The van der Waals surface area contributed by atoms with Crippen molar-refractivity contribution in [3.63, 3.8) is 0 Å². The van der Waals surface area contributed by atoms with Crippen molar-refractivity contribution in [2.24, 2.45) is 18.7 Å². The summed E-state index contributed by atoms with van der Waals surface area (Å²) in [5.74, 6) is -0.200. The highest BCUT2D eigenvalue weighted by Gasteiger charge is 2.46. The molecule has 5 unspecified atom stereocenters. The predicted octanol–water partition coefficient (Wildman–Crippen LogP) is 3.40. The molecule has 2 aliphatic rings. The number of nitrogens with two attached hydrogens (primary N) is 1. The lowest BCUT2D eigenvalue weighted by atomic mass is 9.67. The molecule has 0 bridgehead atoms. The van der Waals surface area contributed by atoms with E-state index in [-0.39, 0.29) is 47.4 Å². The fourth-order valence-electron chi connectivity index (χ4n) is 6.94. The van der Waals surface area contributed by atoms with Crippen molar-refractivity contribution in [3.8, 4) is 5.69 Å². The third-order valence-electron chi connectivity index (χ3n) is 9.04. The van der Waals surface area contributed by atoms with Gasteiger partial charge in [0.05, 0.1) is 35.7 Å². The van der Waals surface area contributed by atoms with E-state index in [9.17, 15) is 9.90 Å². The Bertz CT molecular complexity index is 1690. The third-order valence-corrected chi connectivity index (χ3v) is 9.04. The van der Waals surface area contributed by atoms with Crippen molar-refractivity contribution < 1.29 is 9.50 Å². The Labute approximate surface area is 238 Å². The second kappa shape index (κ2) is 10.1. The Hall–Kier alpha value is -3.44. The average Bonchev–Trinajstić information content (AvgIpc) is 3.47. The van der Waals surface area contributed by atoms with E-state index in [4.69, 9.17) is 5.73 Å². The van der Waals surface area contributed by atoms with E-state index >= 15 is 4.39 Å². The molecule has 1 saturated heterocycles. The van der Waals surface area contributed by atoms with Gasteiger partial charge in [0.15, 0.2) is 0 Å². The van der Waals surface area contributed by atoms with Gasteiger partial charge in [0.1, 0.15) is 5.82 Å². The molecule has 1 aliphatic carbocycles. The number of nitrogens with one attached hydrogen (secondary N) is 2. The second-order valence-electron chi connectivity index (χ2n) is 12.7. The van der Waals surface area contributed by atoms with Gasteiger partial charge in [0.2, 0.25) is 0 Å². The van der Waals surface area contributed by atoms with Crippen LogP contribution in [-0.2, 0) is 19.1 Å². The maximum absolute atomic E-state index is 15.4. The SMILES string of the molecule is Cc1nn(C)cc1C1CC(c2cccc(-n3ncc4cc(C(C)(C)C)cc(F)c4c3=O)c2CO)CC2C(N)NNC12. The Morgan fingerprint density at radius 1 is 1.17 bits per heavy atom. The van der Waals surface area contributed by atoms with Crippen LogP contribution in [0.15, 0.2) is 47.5 Å². The first-order chi connectivity index (χ1) is 19.5. The molecule has 41 heavy (non-hydrogen) atoms. The normalized spacial score (nSPS) is 24.6. The zero-order valence-corrected chi connectivity index (χ0v) is 24.1. The van der Waals surface area contributed by atoms with Crippen molar-refractivity contribution >= 4 is 10.8 Å². The molecule has 1 aliphatic heterocycles. The summed E-state index contributed by atoms with van der Waals surface area (Å²) in [7, 11) is 1.93. The minimum atomic E-state index is -0.571. The smallest absolute Gasteiger partial charge is 0.282 e. The van der Waals surface area contributed by atoms with Crippen LogP contribution in [0.2, 0.25) is 0 Å². The van der Waals surface area contributed by atoms with Crippen LogP contribution in [0.1, 0.15) is 73.4 Å². The molecule has 5 N–H and O–H groups in total. The zero-order valence-electron chi connectivity index (χ0n) is 24.1. The zero-order chi connectivity index (χ0) is 29.2. The first-order valence-corrected chi connectivity index (χ1v) is 14.2. The summed E-state index contributed by atoms with van der Waals surface area (Å²) in [5.41, 5.74) is 17.3. The number of halogens is 1. The van der Waals surface area contributed by atoms with Crippen LogP contribution in [0.3, 0.4) is 0 Å². The van der Waals surface area contributed by atoms with Gasteiger partial charge in [-0.1, -0.05) is 32.9 Å². The minimum Gasteiger partial charge on any atom is -0.392 e.